The summed E-state index contributed by atoms with van der Waals surface area (Å²) in [5, 5.41) is 3.28. The molecule has 9 heteroatoms. The van der Waals surface area contributed by atoms with E-state index in [4.69, 9.17) is 11.6 Å². The van der Waals surface area contributed by atoms with Gasteiger partial charge in [0.1, 0.15) is 12.6 Å². The first-order chi connectivity index (χ1) is 18.7. The van der Waals surface area contributed by atoms with Crippen LogP contribution in [0.3, 0.4) is 0 Å². The number of benzene rings is 3. The van der Waals surface area contributed by atoms with Crippen molar-refractivity contribution in [2.45, 2.75) is 63.1 Å². The Morgan fingerprint density at radius 2 is 1.56 bits per heavy atom. The summed E-state index contributed by atoms with van der Waals surface area (Å²) in [7, 11) is -4.15. The standard InChI is InChI=1S/C30H34ClN3O4S/c1-22-12-6-7-13-24(22)20-33(23(2)30(36)32-25-14-8-9-15-25)29(35)21-34(28-19-11-10-18-27(28)31)39(37,38)26-16-4-3-5-17-26/h3-7,10-13,16-19,23,25H,8-9,14-15,20-21H2,1-2H3,(H,32,36). The molecule has 0 aromatic heterocycles. The van der Waals surface area contributed by atoms with E-state index in [1.807, 2.05) is 31.2 Å². The number of anilines is 1. The van der Waals surface area contributed by atoms with E-state index < -0.39 is 28.5 Å². The number of carbonyl (C=O) groups excluding carboxylic acids is 2. The summed E-state index contributed by atoms with van der Waals surface area (Å²) in [5.41, 5.74) is 2.04. The molecular weight excluding hydrogens is 534 g/mol. The van der Waals surface area contributed by atoms with E-state index in [1.54, 1.807) is 49.4 Å². The maximum absolute atomic E-state index is 14.0. The first-order valence-electron chi connectivity index (χ1n) is 13.1. The Kier molecular flexibility index (Phi) is 9.30. The summed E-state index contributed by atoms with van der Waals surface area (Å²) in [5.74, 6) is -0.759. The fraction of sp³-hybridized carbons (Fsp3) is 0.333. The maximum Gasteiger partial charge on any atom is 0.264 e. The van der Waals surface area contributed by atoms with Crippen molar-refractivity contribution >= 4 is 39.1 Å². The van der Waals surface area contributed by atoms with Crippen LogP contribution in [0, 0.1) is 6.92 Å². The lowest BCUT2D eigenvalue weighted by molar-refractivity contribution is -0.139. The van der Waals surface area contributed by atoms with Crippen molar-refractivity contribution in [2.24, 2.45) is 0 Å². The van der Waals surface area contributed by atoms with E-state index >= 15 is 0 Å². The predicted molar refractivity (Wildman–Crippen MR) is 154 cm³/mol. The van der Waals surface area contributed by atoms with Gasteiger partial charge in [-0.05, 0) is 62.1 Å². The number of para-hydroxylation sites is 1. The lowest BCUT2D eigenvalue weighted by Crippen LogP contribution is -2.52. The van der Waals surface area contributed by atoms with Crippen LogP contribution in [-0.2, 0) is 26.2 Å². The van der Waals surface area contributed by atoms with E-state index in [0.29, 0.717) is 0 Å². The first kappa shape index (κ1) is 28.6. The third kappa shape index (κ3) is 6.81. The molecule has 206 valence electrons. The zero-order chi connectivity index (χ0) is 28.0. The molecule has 3 aromatic rings. The Balaban J connectivity index is 1.69. The number of carbonyl (C=O) groups is 2. The number of amides is 2. The minimum Gasteiger partial charge on any atom is -0.352 e. The average molecular weight is 568 g/mol. The highest BCUT2D eigenvalue weighted by Crippen LogP contribution is 2.31. The van der Waals surface area contributed by atoms with Gasteiger partial charge < -0.3 is 10.2 Å². The van der Waals surface area contributed by atoms with Crippen LogP contribution < -0.4 is 9.62 Å². The number of sulfonamides is 1. The molecule has 0 aliphatic heterocycles. The average Bonchev–Trinajstić information content (AvgIpc) is 3.45. The summed E-state index contributed by atoms with van der Waals surface area (Å²) in [6.45, 7) is 3.27. The van der Waals surface area contributed by atoms with Gasteiger partial charge in [-0.2, -0.15) is 0 Å². The minimum absolute atomic E-state index is 0.0372. The number of nitrogens with one attached hydrogen (secondary N) is 1. The normalized spacial score (nSPS) is 14.5. The Hall–Kier alpha value is -3.36. The Morgan fingerprint density at radius 3 is 2.23 bits per heavy atom. The van der Waals surface area contributed by atoms with Gasteiger partial charge in [0.2, 0.25) is 11.8 Å². The monoisotopic (exact) mass is 567 g/mol. The molecule has 1 fully saturated rings. The molecule has 1 atom stereocenters. The first-order valence-corrected chi connectivity index (χ1v) is 15.0. The van der Waals surface area contributed by atoms with Crippen molar-refractivity contribution in [1.82, 2.24) is 10.2 Å². The summed E-state index contributed by atoms with van der Waals surface area (Å²) >= 11 is 6.44. The van der Waals surface area contributed by atoms with Crippen LogP contribution in [0.25, 0.3) is 0 Å². The van der Waals surface area contributed by atoms with E-state index in [9.17, 15) is 18.0 Å². The van der Waals surface area contributed by atoms with Crippen LogP contribution in [0.15, 0.2) is 83.8 Å². The highest BCUT2D eigenvalue weighted by molar-refractivity contribution is 7.92. The fourth-order valence-electron chi connectivity index (χ4n) is 4.83. The second-order valence-electron chi connectivity index (χ2n) is 9.89. The van der Waals surface area contributed by atoms with Gasteiger partial charge in [0.25, 0.3) is 10.0 Å². The molecule has 7 nitrogen and oxygen atoms in total. The van der Waals surface area contributed by atoms with Crippen molar-refractivity contribution in [2.75, 3.05) is 10.8 Å². The third-order valence-electron chi connectivity index (χ3n) is 7.20. The number of hydrogen-bond acceptors (Lipinski definition) is 4. The van der Waals surface area contributed by atoms with E-state index in [1.165, 1.54) is 17.0 Å². The number of halogens is 1. The van der Waals surface area contributed by atoms with Crippen LogP contribution in [0.1, 0.15) is 43.7 Å². The van der Waals surface area contributed by atoms with E-state index in [-0.39, 0.29) is 34.1 Å². The molecule has 4 rings (SSSR count). The Labute approximate surface area is 235 Å². The molecule has 2 amide bonds. The Morgan fingerprint density at radius 1 is 0.949 bits per heavy atom. The van der Waals surface area contributed by atoms with Gasteiger partial charge in [0.05, 0.1) is 15.6 Å². The smallest absolute Gasteiger partial charge is 0.264 e. The highest BCUT2D eigenvalue weighted by atomic mass is 35.5. The molecule has 1 aliphatic rings. The zero-order valence-electron chi connectivity index (χ0n) is 22.2. The van der Waals surface area contributed by atoms with Crippen LogP contribution in [0.5, 0.6) is 0 Å². The molecule has 0 heterocycles. The predicted octanol–water partition coefficient (Wildman–Crippen LogP) is 5.32. The summed E-state index contributed by atoms with van der Waals surface area (Å²) < 4.78 is 28.6. The van der Waals surface area contributed by atoms with Crippen molar-refractivity contribution in [3.05, 3.63) is 95.0 Å². The SMILES string of the molecule is Cc1ccccc1CN(C(=O)CN(c1ccccc1Cl)S(=O)(=O)c1ccccc1)C(C)C(=O)NC1CCCC1. The van der Waals surface area contributed by atoms with Gasteiger partial charge in [0, 0.05) is 12.6 Å². The second kappa shape index (κ2) is 12.7. The number of rotatable bonds is 10. The molecule has 0 radical (unpaired) electrons. The number of hydrogen-bond donors (Lipinski definition) is 1. The summed E-state index contributed by atoms with van der Waals surface area (Å²) in [4.78, 5) is 28.8. The van der Waals surface area contributed by atoms with Crippen molar-refractivity contribution in [3.63, 3.8) is 0 Å². The largest absolute Gasteiger partial charge is 0.352 e. The van der Waals surface area contributed by atoms with Crippen LogP contribution in [0.4, 0.5) is 5.69 Å². The quantitative estimate of drug-likeness (QED) is 0.359. The molecule has 0 spiro atoms. The second-order valence-corrected chi connectivity index (χ2v) is 12.2. The lowest BCUT2D eigenvalue weighted by Gasteiger charge is -2.33. The van der Waals surface area contributed by atoms with Crippen molar-refractivity contribution < 1.29 is 18.0 Å². The van der Waals surface area contributed by atoms with Crippen LogP contribution in [-0.4, -0.2) is 43.8 Å². The third-order valence-corrected chi connectivity index (χ3v) is 9.30. The zero-order valence-corrected chi connectivity index (χ0v) is 23.8. The molecule has 39 heavy (non-hydrogen) atoms. The lowest BCUT2D eigenvalue weighted by atomic mass is 10.1. The topological polar surface area (TPSA) is 86.8 Å². The number of aryl methyl sites for hydroxylation is 1. The van der Waals surface area contributed by atoms with Crippen LogP contribution >= 0.6 is 11.6 Å². The fourth-order valence-corrected chi connectivity index (χ4v) is 6.57. The van der Waals surface area contributed by atoms with Gasteiger partial charge in [-0.3, -0.25) is 13.9 Å². The van der Waals surface area contributed by atoms with Gasteiger partial charge in [0.15, 0.2) is 0 Å². The molecule has 3 aromatic carbocycles. The summed E-state index contributed by atoms with van der Waals surface area (Å²) in [6.07, 6.45) is 3.96. The molecule has 1 unspecified atom stereocenters. The summed E-state index contributed by atoms with van der Waals surface area (Å²) in [6, 6.07) is 21.4. The Bertz CT molecular complexity index is 1410. The van der Waals surface area contributed by atoms with Gasteiger partial charge in [-0.25, -0.2) is 8.42 Å². The van der Waals surface area contributed by atoms with Gasteiger partial charge in [-0.1, -0.05) is 79.0 Å². The molecule has 1 aliphatic carbocycles. The van der Waals surface area contributed by atoms with Crippen molar-refractivity contribution in [1.29, 1.82) is 0 Å². The minimum atomic E-state index is -4.15. The maximum atomic E-state index is 14.0. The van der Waals surface area contributed by atoms with E-state index in [0.717, 1.165) is 41.1 Å². The van der Waals surface area contributed by atoms with Gasteiger partial charge in [-0.15, -0.1) is 0 Å². The van der Waals surface area contributed by atoms with Crippen molar-refractivity contribution in [3.8, 4) is 0 Å². The molecule has 1 N–H and O–H groups in total. The molecular formula is C30H34ClN3O4S. The molecule has 0 saturated heterocycles. The number of nitrogens with zero attached hydrogens (tertiary/aromatic N) is 2. The molecule has 0 bridgehead atoms. The molecule has 1 saturated carbocycles. The van der Waals surface area contributed by atoms with Gasteiger partial charge >= 0.3 is 0 Å². The highest BCUT2D eigenvalue weighted by Gasteiger charge is 2.34. The van der Waals surface area contributed by atoms with E-state index in [2.05, 4.69) is 5.32 Å². The van der Waals surface area contributed by atoms with Crippen LogP contribution in [0.2, 0.25) is 5.02 Å².